The Kier molecular flexibility index (Phi) is 5.55. The topological polar surface area (TPSA) is 81.3 Å². The lowest BCUT2D eigenvalue weighted by Crippen LogP contribution is -2.52. The highest BCUT2D eigenvalue weighted by Gasteiger charge is 2.19. The number of aryl methyl sites for hydroxylation is 2. The van der Waals surface area contributed by atoms with Gasteiger partial charge in [-0.15, -0.1) is 0 Å². The summed E-state index contributed by atoms with van der Waals surface area (Å²) in [6.07, 6.45) is 0.641. The molecule has 0 bridgehead atoms. The molecule has 1 rings (SSSR count). The highest BCUT2D eigenvalue weighted by atomic mass is 16.4. The zero-order chi connectivity index (χ0) is 15.3. The van der Waals surface area contributed by atoms with Gasteiger partial charge < -0.3 is 20.5 Å². The molecule has 2 N–H and O–H groups in total. The van der Waals surface area contributed by atoms with Crippen LogP contribution in [-0.4, -0.2) is 18.0 Å². The van der Waals surface area contributed by atoms with E-state index >= 15 is 0 Å². The number of aliphatic carboxylic acids is 1. The number of hydrogen-bond acceptors (Lipinski definition) is 3. The Bertz CT molecular complexity index is 500. The van der Waals surface area contributed by atoms with Crippen LogP contribution < -0.4 is 15.7 Å². The molecular formula is C15H21N2O3-. The summed E-state index contributed by atoms with van der Waals surface area (Å²) in [5, 5.41) is 16.1. The highest BCUT2D eigenvalue weighted by molar-refractivity contribution is 5.92. The van der Waals surface area contributed by atoms with Gasteiger partial charge in [0.15, 0.2) is 0 Å². The fourth-order valence-electron chi connectivity index (χ4n) is 1.80. The molecule has 0 spiro atoms. The maximum absolute atomic E-state index is 11.8. The fourth-order valence-corrected chi connectivity index (χ4v) is 1.80. The van der Waals surface area contributed by atoms with Crippen LogP contribution in [0.3, 0.4) is 0 Å². The minimum atomic E-state index is -1.27. The van der Waals surface area contributed by atoms with Crippen LogP contribution in [0.15, 0.2) is 18.2 Å². The van der Waals surface area contributed by atoms with Gasteiger partial charge in [0.05, 0.1) is 12.0 Å². The number of nitrogens with one attached hydrogen (secondary N) is 2. The van der Waals surface area contributed by atoms with Crippen LogP contribution >= 0.6 is 0 Å². The number of urea groups is 1. The molecule has 0 saturated carbocycles. The summed E-state index contributed by atoms with van der Waals surface area (Å²) in [7, 11) is 0. The number of hydrogen-bond donors (Lipinski definition) is 2. The van der Waals surface area contributed by atoms with E-state index in [2.05, 4.69) is 10.6 Å². The number of carboxylic acid groups (broad SMARTS) is 1. The van der Waals surface area contributed by atoms with Crippen LogP contribution in [0.1, 0.15) is 31.4 Å². The minimum Gasteiger partial charge on any atom is -0.548 e. The van der Waals surface area contributed by atoms with E-state index < -0.39 is 18.0 Å². The van der Waals surface area contributed by atoms with Crippen molar-refractivity contribution in [1.29, 1.82) is 0 Å². The van der Waals surface area contributed by atoms with Gasteiger partial charge in [0.1, 0.15) is 0 Å². The summed E-state index contributed by atoms with van der Waals surface area (Å²) in [6.45, 7) is 7.55. The third-order valence-electron chi connectivity index (χ3n) is 3.52. The molecule has 0 aliphatic rings. The predicted molar refractivity (Wildman–Crippen MR) is 76.3 cm³/mol. The van der Waals surface area contributed by atoms with Gasteiger partial charge in [0.25, 0.3) is 0 Å². The third kappa shape index (κ3) is 4.26. The zero-order valence-corrected chi connectivity index (χ0v) is 12.3. The largest absolute Gasteiger partial charge is 0.548 e. The average Bonchev–Trinajstić information content (AvgIpc) is 2.39. The summed E-state index contributed by atoms with van der Waals surface area (Å²) in [4.78, 5) is 22.9. The lowest BCUT2D eigenvalue weighted by molar-refractivity contribution is -0.309. The lowest BCUT2D eigenvalue weighted by atomic mass is 9.99. The molecule has 1 aromatic carbocycles. The predicted octanol–water partition coefficient (Wildman–Crippen LogP) is 1.59. The smallest absolute Gasteiger partial charge is 0.319 e. The van der Waals surface area contributed by atoms with Crippen LogP contribution in [0.2, 0.25) is 0 Å². The van der Waals surface area contributed by atoms with Crippen molar-refractivity contribution in [3.63, 3.8) is 0 Å². The zero-order valence-electron chi connectivity index (χ0n) is 12.3. The number of carbonyl (C=O) groups is 2. The van der Waals surface area contributed by atoms with Crippen LogP contribution in [0.5, 0.6) is 0 Å². The van der Waals surface area contributed by atoms with Crippen molar-refractivity contribution >= 4 is 17.7 Å². The SMILES string of the molecule is CC[C@@H](C)[C@H](NC(=O)Nc1ccc(C)c(C)c1)C(=O)[O-]. The third-order valence-corrected chi connectivity index (χ3v) is 3.52. The van der Waals surface area contributed by atoms with Gasteiger partial charge in [-0.05, 0) is 43.0 Å². The molecule has 0 saturated heterocycles. The van der Waals surface area contributed by atoms with Gasteiger partial charge in [-0.2, -0.15) is 0 Å². The Morgan fingerprint density at radius 3 is 2.40 bits per heavy atom. The van der Waals surface area contributed by atoms with Gasteiger partial charge in [-0.25, -0.2) is 4.79 Å². The van der Waals surface area contributed by atoms with E-state index in [0.29, 0.717) is 12.1 Å². The molecule has 1 aromatic rings. The van der Waals surface area contributed by atoms with Crippen molar-refractivity contribution < 1.29 is 14.7 Å². The van der Waals surface area contributed by atoms with E-state index in [1.807, 2.05) is 32.9 Å². The number of rotatable bonds is 5. The number of carbonyl (C=O) groups excluding carboxylic acids is 2. The van der Waals surface area contributed by atoms with E-state index in [1.165, 1.54) is 0 Å². The van der Waals surface area contributed by atoms with E-state index in [0.717, 1.165) is 11.1 Å². The van der Waals surface area contributed by atoms with Gasteiger partial charge in [0.2, 0.25) is 0 Å². The first-order chi connectivity index (χ1) is 9.35. The van der Waals surface area contributed by atoms with E-state index in [9.17, 15) is 14.7 Å². The van der Waals surface area contributed by atoms with Crippen LogP contribution in [0.25, 0.3) is 0 Å². The molecule has 0 unspecified atom stereocenters. The lowest BCUT2D eigenvalue weighted by Gasteiger charge is -2.25. The summed E-state index contributed by atoms with van der Waals surface area (Å²) < 4.78 is 0. The highest BCUT2D eigenvalue weighted by Crippen LogP contribution is 2.14. The molecule has 0 aromatic heterocycles. The summed E-state index contributed by atoms with van der Waals surface area (Å²) in [6, 6.07) is 3.98. The maximum atomic E-state index is 11.8. The van der Waals surface area contributed by atoms with Crippen molar-refractivity contribution in [1.82, 2.24) is 5.32 Å². The Hall–Kier alpha value is -2.04. The molecule has 0 aliphatic carbocycles. The summed E-state index contributed by atoms with van der Waals surface area (Å²) >= 11 is 0. The standard InChI is InChI=1S/C15H22N2O3/c1-5-9(2)13(14(18)19)17-15(20)16-12-7-6-10(3)11(4)8-12/h6-9,13H,5H2,1-4H3,(H,18,19)(H2,16,17,20)/p-1/t9-,13+/m1/s1. The molecule has 20 heavy (non-hydrogen) atoms. The molecule has 0 heterocycles. The van der Waals surface area contributed by atoms with Gasteiger partial charge in [0, 0.05) is 5.69 Å². The number of amides is 2. The monoisotopic (exact) mass is 277 g/mol. The van der Waals surface area contributed by atoms with Crippen molar-refractivity contribution in [2.45, 2.75) is 40.2 Å². The second-order valence-electron chi connectivity index (χ2n) is 5.08. The molecule has 5 nitrogen and oxygen atoms in total. The van der Waals surface area contributed by atoms with Crippen molar-refractivity contribution in [3.05, 3.63) is 29.3 Å². The molecule has 0 aliphatic heterocycles. The van der Waals surface area contributed by atoms with Gasteiger partial charge >= 0.3 is 6.03 Å². The number of anilines is 1. The summed E-state index contributed by atoms with van der Waals surface area (Å²) in [5.74, 6) is -1.46. The van der Waals surface area contributed by atoms with Gasteiger partial charge in [-0.1, -0.05) is 26.3 Å². The first-order valence-electron chi connectivity index (χ1n) is 6.70. The van der Waals surface area contributed by atoms with Crippen LogP contribution in [-0.2, 0) is 4.79 Å². The number of benzene rings is 1. The Morgan fingerprint density at radius 1 is 1.25 bits per heavy atom. The van der Waals surface area contributed by atoms with Crippen LogP contribution in [0, 0.1) is 19.8 Å². The van der Waals surface area contributed by atoms with E-state index in [4.69, 9.17) is 0 Å². The average molecular weight is 277 g/mol. The fraction of sp³-hybridized carbons (Fsp3) is 0.467. The maximum Gasteiger partial charge on any atom is 0.319 e. The Labute approximate surface area is 119 Å². The number of carboxylic acids is 1. The van der Waals surface area contributed by atoms with Crippen LogP contribution in [0.4, 0.5) is 10.5 Å². The molecule has 2 atom stereocenters. The summed E-state index contributed by atoms with van der Waals surface area (Å²) in [5.41, 5.74) is 2.82. The molecule has 5 heteroatoms. The molecular weight excluding hydrogens is 256 g/mol. The second-order valence-corrected chi connectivity index (χ2v) is 5.08. The second kappa shape index (κ2) is 6.93. The first-order valence-corrected chi connectivity index (χ1v) is 6.70. The molecule has 0 fully saturated rings. The molecule has 110 valence electrons. The molecule has 2 amide bonds. The quantitative estimate of drug-likeness (QED) is 0.857. The Balaban J connectivity index is 2.70. The van der Waals surface area contributed by atoms with Crippen molar-refractivity contribution in [3.8, 4) is 0 Å². The Morgan fingerprint density at radius 2 is 1.90 bits per heavy atom. The van der Waals surface area contributed by atoms with E-state index in [-0.39, 0.29) is 5.92 Å². The molecule has 0 radical (unpaired) electrons. The van der Waals surface area contributed by atoms with E-state index in [1.54, 1.807) is 13.0 Å². The minimum absolute atomic E-state index is 0.189. The van der Waals surface area contributed by atoms with Crippen molar-refractivity contribution in [2.75, 3.05) is 5.32 Å². The van der Waals surface area contributed by atoms with Crippen molar-refractivity contribution in [2.24, 2.45) is 5.92 Å². The normalized spacial score (nSPS) is 13.4. The van der Waals surface area contributed by atoms with Gasteiger partial charge in [-0.3, -0.25) is 0 Å². The first kappa shape index (κ1) is 16.0.